The van der Waals surface area contributed by atoms with Crippen molar-refractivity contribution in [1.29, 1.82) is 0 Å². The van der Waals surface area contributed by atoms with Crippen molar-refractivity contribution in [2.24, 2.45) is 0 Å². The lowest BCUT2D eigenvalue weighted by Crippen LogP contribution is -2.33. The van der Waals surface area contributed by atoms with Crippen LogP contribution in [0, 0.1) is 0 Å². The molecule has 0 saturated carbocycles. The summed E-state index contributed by atoms with van der Waals surface area (Å²) in [5.74, 6) is -0.137. The first-order valence-electron chi connectivity index (χ1n) is 6.86. The molecule has 0 fully saturated rings. The predicted octanol–water partition coefficient (Wildman–Crippen LogP) is 4.85. The highest BCUT2D eigenvalue weighted by atomic mass is 79.9. The van der Waals surface area contributed by atoms with Gasteiger partial charge in [-0.1, -0.05) is 57.9 Å². The Bertz CT molecular complexity index is 615. The number of rotatable bonds is 5. The van der Waals surface area contributed by atoms with Crippen molar-refractivity contribution in [1.82, 2.24) is 5.32 Å². The summed E-state index contributed by atoms with van der Waals surface area (Å²) in [4.78, 5) is 12.2. The van der Waals surface area contributed by atoms with Crippen molar-refractivity contribution in [3.63, 3.8) is 0 Å². The standard InChI is InChI=1S/C17H17BrClNO/c1-12(7-8-13-5-3-2-4-6-13)20-17(21)15-11-14(18)9-10-16(15)19/h2-6,9-12H,7-8H2,1H3,(H,20,21)/t12-/m1/s1. The van der Waals surface area contributed by atoms with Crippen LogP contribution in [0.4, 0.5) is 0 Å². The van der Waals surface area contributed by atoms with Gasteiger partial charge in [-0.2, -0.15) is 0 Å². The maximum Gasteiger partial charge on any atom is 0.253 e. The first-order valence-corrected chi connectivity index (χ1v) is 8.03. The molecule has 110 valence electrons. The highest BCUT2D eigenvalue weighted by Gasteiger charge is 2.13. The highest BCUT2D eigenvalue weighted by Crippen LogP contribution is 2.21. The molecule has 0 unspecified atom stereocenters. The van der Waals surface area contributed by atoms with Gasteiger partial charge >= 0.3 is 0 Å². The van der Waals surface area contributed by atoms with E-state index in [9.17, 15) is 4.79 Å². The van der Waals surface area contributed by atoms with Crippen molar-refractivity contribution in [2.45, 2.75) is 25.8 Å². The summed E-state index contributed by atoms with van der Waals surface area (Å²) in [5.41, 5.74) is 1.77. The molecule has 0 saturated heterocycles. The topological polar surface area (TPSA) is 29.1 Å². The molecule has 0 bridgehead atoms. The number of aryl methyl sites for hydroxylation is 1. The van der Waals surface area contributed by atoms with Crippen LogP contribution in [0.3, 0.4) is 0 Å². The average molecular weight is 367 g/mol. The molecule has 2 aromatic rings. The van der Waals surface area contributed by atoms with Crippen LogP contribution in [0.1, 0.15) is 29.3 Å². The van der Waals surface area contributed by atoms with Crippen LogP contribution in [0.5, 0.6) is 0 Å². The van der Waals surface area contributed by atoms with Crippen LogP contribution in [-0.2, 0) is 6.42 Å². The van der Waals surface area contributed by atoms with Gasteiger partial charge in [0.25, 0.3) is 5.91 Å². The van der Waals surface area contributed by atoms with Gasteiger partial charge in [-0.25, -0.2) is 0 Å². The molecule has 1 amide bonds. The van der Waals surface area contributed by atoms with Gasteiger partial charge < -0.3 is 5.32 Å². The summed E-state index contributed by atoms with van der Waals surface area (Å²) in [6, 6.07) is 15.6. The van der Waals surface area contributed by atoms with E-state index in [0.29, 0.717) is 10.6 Å². The summed E-state index contributed by atoms with van der Waals surface area (Å²) in [6.45, 7) is 2.01. The summed E-state index contributed by atoms with van der Waals surface area (Å²) >= 11 is 9.42. The lowest BCUT2D eigenvalue weighted by Gasteiger charge is -2.14. The molecule has 0 heterocycles. The largest absolute Gasteiger partial charge is 0.350 e. The number of hydrogen-bond acceptors (Lipinski definition) is 1. The summed E-state index contributed by atoms with van der Waals surface area (Å²) in [6.07, 6.45) is 1.83. The summed E-state index contributed by atoms with van der Waals surface area (Å²) < 4.78 is 0.842. The molecule has 0 aliphatic heterocycles. The average Bonchev–Trinajstić information content (AvgIpc) is 2.48. The number of hydrogen-bond donors (Lipinski definition) is 1. The number of carbonyl (C=O) groups is 1. The van der Waals surface area contributed by atoms with Crippen LogP contribution in [0.2, 0.25) is 5.02 Å². The van der Waals surface area contributed by atoms with Crippen molar-refractivity contribution >= 4 is 33.4 Å². The van der Waals surface area contributed by atoms with E-state index in [4.69, 9.17) is 11.6 Å². The Morgan fingerprint density at radius 2 is 1.95 bits per heavy atom. The van der Waals surface area contributed by atoms with Crippen LogP contribution in [0.25, 0.3) is 0 Å². The SMILES string of the molecule is C[C@H](CCc1ccccc1)NC(=O)c1cc(Br)ccc1Cl. The van der Waals surface area contributed by atoms with E-state index in [1.165, 1.54) is 5.56 Å². The monoisotopic (exact) mass is 365 g/mol. The Hall–Kier alpha value is -1.32. The molecule has 1 N–H and O–H groups in total. The third kappa shape index (κ3) is 4.87. The van der Waals surface area contributed by atoms with Gasteiger partial charge in [0, 0.05) is 10.5 Å². The summed E-state index contributed by atoms with van der Waals surface area (Å²) in [7, 11) is 0. The maximum absolute atomic E-state index is 12.2. The van der Waals surface area contributed by atoms with Crippen molar-refractivity contribution in [2.75, 3.05) is 0 Å². The van der Waals surface area contributed by atoms with Gasteiger partial charge in [0.1, 0.15) is 0 Å². The number of nitrogens with one attached hydrogen (secondary N) is 1. The van der Waals surface area contributed by atoms with Gasteiger partial charge in [0.15, 0.2) is 0 Å². The molecule has 0 aliphatic rings. The molecule has 21 heavy (non-hydrogen) atoms. The fourth-order valence-electron chi connectivity index (χ4n) is 2.07. The molecular formula is C17H17BrClNO. The molecule has 2 aromatic carbocycles. The Morgan fingerprint density at radius 3 is 2.67 bits per heavy atom. The maximum atomic E-state index is 12.2. The third-order valence-corrected chi connectivity index (χ3v) is 4.08. The van der Waals surface area contributed by atoms with Gasteiger partial charge in [-0.3, -0.25) is 4.79 Å². The molecule has 4 heteroatoms. The number of carbonyl (C=O) groups excluding carboxylic acids is 1. The Kier molecular flexibility index (Phi) is 5.83. The van der Waals surface area contributed by atoms with Crippen molar-refractivity contribution < 1.29 is 4.79 Å². The van der Waals surface area contributed by atoms with Crippen LogP contribution in [-0.4, -0.2) is 11.9 Å². The lowest BCUT2D eigenvalue weighted by molar-refractivity contribution is 0.0938. The van der Waals surface area contributed by atoms with E-state index >= 15 is 0 Å². The van der Waals surface area contributed by atoms with E-state index in [1.807, 2.05) is 31.2 Å². The van der Waals surface area contributed by atoms with E-state index in [2.05, 4.69) is 33.4 Å². The van der Waals surface area contributed by atoms with Crippen LogP contribution >= 0.6 is 27.5 Å². The van der Waals surface area contributed by atoms with Crippen LogP contribution < -0.4 is 5.32 Å². The second-order valence-corrected chi connectivity index (χ2v) is 6.35. The second-order valence-electron chi connectivity index (χ2n) is 5.02. The minimum absolute atomic E-state index is 0.0905. The minimum Gasteiger partial charge on any atom is -0.350 e. The molecule has 2 rings (SSSR count). The molecule has 0 aliphatic carbocycles. The van der Waals surface area contributed by atoms with E-state index in [-0.39, 0.29) is 11.9 Å². The fraction of sp³-hybridized carbons (Fsp3) is 0.235. The lowest BCUT2D eigenvalue weighted by atomic mass is 10.1. The van der Waals surface area contributed by atoms with Crippen molar-refractivity contribution in [3.05, 3.63) is 69.2 Å². The van der Waals surface area contributed by atoms with E-state index < -0.39 is 0 Å². The number of benzene rings is 2. The molecule has 2 nitrogen and oxygen atoms in total. The number of amides is 1. The molecule has 0 spiro atoms. The quantitative estimate of drug-likeness (QED) is 0.805. The zero-order chi connectivity index (χ0) is 15.2. The zero-order valence-corrected chi connectivity index (χ0v) is 14.1. The Balaban J connectivity index is 1.91. The minimum atomic E-state index is -0.137. The first-order chi connectivity index (χ1) is 10.1. The first kappa shape index (κ1) is 16.1. The van der Waals surface area contributed by atoms with Crippen LogP contribution in [0.15, 0.2) is 53.0 Å². The molecule has 0 aromatic heterocycles. The fourth-order valence-corrected chi connectivity index (χ4v) is 2.64. The van der Waals surface area contributed by atoms with Gasteiger partial charge in [0.05, 0.1) is 10.6 Å². The molecular weight excluding hydrogens is 350 g/mol. The highest BCUT2D eigenvalue weighted by molar-refractivity contribution is 9.10. The smallest absolute Gasteiger partial charge is 0.253 e. The normalized spacial score (nSPS) is 12.0. The van der Waals surface area contributed by atoms with Gasteiger partial charge in [0.2, 0.25) is 0 Å². The Morgan fingerprint density at radius 1 is 1.24 bits per heavy atom. The third-order valence-electron chi connectivity index (χ3n) is 3.26. The molecule has 0 radical (unpaired) electrons. The van der Waals surface area contributed by atoms with E-state index in [0.717, 1.165) is 17.3 Å². The van der Waals surface area contributed by atoms with E-state index in [1.54, 1.807) is 12.1 Å². The zero-order valence-electron chi connectivity index (χ0n) is 11.8. The second kappa shape index (κ2) is 7.62. The summed E-state index contributed by atoms with van der Waals surface area (Å²) in [5, 5.41) is 3.45. The predicted molar refractivity (Wildman–Crippen MR) is 90.8 cm³/mol. The van der Waals surface area contributed by atoms with Gasteiger partial charge in [-0.05, 0) is 43.5 Å². The Labute approximate surface area is 138 Å². The number of halogens is 2. The van der Waals surface area contributed by atoms with Gasteiger partial charge in [-0.15, -0.1) is 0 Å². The van der Waals surface area contributed by atoms with Crippen molar-refractivity contribution in [3.8, 4) is 0 Å². The molecule has 1 atom stereocenters.